The van der Waals surface area contributed by atoms with Gasteiger partial charge in [-0.25, -0.2) is 19.9 Å². The zero-order valence-electron chi connectivity index (χ0n) is 30.3. The van der Waals surface area contributed by atoms with Crippen LogP contribution in [0.4, 0.5) is 0 Å². The highest BCUT2D eigenvalue weighted by atomic mass is 32.1. The molecule has 0 atom stereocenters. The lowest BCUT2D eigenvalue weighted by atomic mass is 9.97. The fraction of sp³-hybridized carbons (Fsp3) is 0. The predicted octanol–water partition coefficient (Wildman–Crippen LogP) is 13.3. The van der Waals surface area contributed by atoms with Crippen molar-refractivity contribution in [3.05, 3.63) is 176 Å². The van der Waals surface area contributed by atoms with E-state index < -0.39 is 0 Å². The summed E-state index contributed by atoms with van der Waals surface area (Å²) in [5.41, 5.74) is 8.36. The van der Waals surface area contributed by atoms with Crippen LogP contribution in [0.1, 0.15) is 0 Å². The molecule has 0 aliphatic carbocycles. The zero-order chi connectivity index (χ0) is 37.5. The number of oxazole rings is 1. The van der Waals surface area contributed by atoms with Crippen LogP contribution >= 0.6 is 11.3 Å². The fourth-order valence-corrected chi connectivity index (χ4v) is 9.51. The molecule has 0 saturated carbocycles. The predicted molar refractivity (Wildman–Crippen MR) is 234 cm³/mol. The third-order valence-electron chi connectivity index (χ3n) is 10.9. The van der Waals surface area contributed by atoms with Crippen molar-refractivity contribution >= 4 is 75.2 Å². The average Bonchev–Trinajstić information content (AvgIpc) is 3.99. The molecule has 4 heterocycles. The molecule has 0 spiro atoms. The lowest BCUT2D eigenvalue weighted by Gasteiger charge is -2.13. The summed E-state index contributed by atoms with van der Waals surface area (Å²) in [6.07, 6.45) is 0. The summed E-state index contributed by atoms with van der Waals surface area (Å²) in [5, 5.41) is 6.48. The minimum absolute atomic E-state index is 0.577. The first kappa shape index (κ1) is 31.8. The van der Waals surface area contributed by atoms with E-state index in [0.717, 1.165) is 77.0 Å². The summed E-state index contributed by atoms with van der Waals surface area (Å²) in [5.74, 6) is 2.38. The normalized spacial score (nSPS) is 11.9. The minimum Gasteiger partial charge on any atom is -0.435 e. The van der Waals surface area contributed by atoms with Crippen LogP contribution in [-0.4, -0.2) is 24.5 Å². The fourth-order valence-electron chi connectivity index (χ4n) is 8.38. The smallest absolute Gasteiger partial charge is 0.227 e. The van der Waals surface area contributed by atoms with Crippen LogP contribution in [0.3, 0.4) is 0 Å². The molecule has 0 unspecified atom stereocenters. The molecule has 0 fully saturated rings. The summed E-state index contributed by atoms with van der Waals surface area (Å²) >= 11 is 1.79. The molecule has 7 heteroatoms. The SMILES string of the molecule is c1ccc(-c2nc(-c3cc4c(c5ccccc5n4-c4ccccc4)c4c3ccc3nc(-c5ccccc5)oc34)nc(-c3cccc4sc5ccccc5c34)n2)cc1. The van der Waals surface area contributed by atoms with Gasteiger partial charge in [-0.05, 0) is 60.0 Å². The quantitative estimate of drug-likeness (QED) is 0.175. The Hall–Kier alpha value is -7.48. The van der Waals surface area contributed by atoms with Crippen molar-refractivity contribution in [3.63, 3.8) is 0 Å². The molecule has 12 aromatic rings. The number of rotatable bonds is 5. The van der Waals surface area contributed by atoms with E-state index >= 15 is 0 Å². The molecule has 57 heavy (non-hydrogen) atoms. The molecule has 12 rings (SSSR count). The number of benzene rings is 8. The molecule has 0 N–H and O–H groups in total. The van der Waals surface area contributed by atoms with Crippen molar-refractivity contribution in [1.82, 2.24) is 24.5 Å². The molecule has 0 aliphatic rings. The van der Waals surface area contributed by atoms with E-state index in [9.17, 15) is 0 Å². The van der Waals surface area contributed by atoms with Crippen molar-refractivity contribution in [2.75, 3.05) is 0 Å². The first-order valence-electron chi connectivity index (χ1n) is 18.9. The maximum absolute atomic E-state index is 6.82. The number of para-hydroxylation sites is 2. The lowest BCUT2D eigenvalue weighted by Crippen LogP contribution is -2.01. The Kier molecular flexibility index (Phi) is 7.00. The van der Waals surface area contributed by atoms with Gasteiger partial charge in [0, 0.05) is 64.3 Å². The molecular weight excluding hydrogens is 719 g/mol. The Bertz CT molecular complexity index is 3520. The number of aromatic nitrogens is 5. The van der Waals surface area contributed by atoms with Gasteiger partial charge >= 0.3 is 0 Å². The highest BCUT2D eigenvalue weighted by Gasteiger charge is 2.24. The second kappa shape index (κ2) is 12.5. The molecule has 0 radical (unpaired) electrons. The summed E-state index contributed by atoms with van der Waals surface area (Å²) < 4.78 is 11.6. The Morgan fingerprint density at radius 3 is 1.88 bits per heavy atom. The third kappa shape index (κ3) is 4.96. The van der Waals surface area contributed by atoms with Crippen LogP contribution in [0.15, 0.2) is 180 Å². The molecule has 266 valence electrons. The van der Waals surface area contributed by atoms with Gasteiger partial charge in [-0.1, -0.05) is 121 Å². The molecule has 0 saturated heterocycles. The standard InChI is InChI=1S/C50H29N5OS/c1-4-15-30(16-5-1)47-52-48(36-23-14-26-42-43(36)35-22-11-13-25-41(35)57-42)54-49(53-47)37-29-40-44(34-21-10-12-24-39(34)55(40)32-19-8-3-9-20-32)45-33(37)27-28-38-46(45)56-50(51-38)31-17-6-2-7-18-31/h1-29H. The maximum atomic E-state index is 6.82. The molecular formula is C50H29N5OS. The van der Waals surface area contributed by atoms with Crippen LogP contribution in [-0.2, 0) is 0 Å². The first-order chi connectivity index (χ1) is 28.3. The lowest BCUT2D eigenvalue weighted by molar-refractivity contribution is 0.623. The zero-order valence-corrected chi connectivity index (χ0v) is 31.1. The molecule has 0 aliphatic heterocycles. The topological polar surface area (TPSA) is 69.6 Å². The van der Waals surface area contributed by atoms with Gasteiger partial charge in [0.05, 0.1) is 11.0 Å². The molecule has 6 nitrogen and oxygen atoms in total. The van der Waals surface area contributed by atoms with Crippen LogP contribution < -0.4 is 0 Å². The largest absolute Gasteiger partial charge is 0.435 e. The van der Waals surface area contributed by atoms with E-state index in [1.165, 1.54) is 14.8 Å². The summed E-state index contributed by atoms with van der Waals surface area (Å²) in [6, 6.07) is 60.8. The van der Waals surface area contributed by atoms with Gasteiger partial charge in [-0.2, -0.15) is 0 Å². The molecule has 8 aromatic carbocycles. The van der Waals surface area contributed by atoms with Gasteiger partial charge in [0.25, 0.3) is 0 Å². The first-order valence-corrected chi connectivity index (χ1v) is 19.7. The van der Waals surface area contributed by atoms with Crippen molar-refractivity contribution in [2.24, 2.45) is 0 Å². The van der Waals surface area contributed by atoms with Gasteiger partial charge < -0.3 is 8.98 Å². The van der Waals surface area contributed by atoms with Gasteiger partial charge in [0.1, 0.15) is 5.52 Å². The summed E-state index contributed by atoms with van der Waals surface area (Å²) in [4.78, 5) is 21.0. The Morgan fingerprint density at radius 2 is 1.07 bits per heavy atom. The summed E-state index contributed by atoms with van der Waals surface area (Å²) in [7, 11) is 0. The Morgan fingerprint density at radius 1 is 0.421 bits per heavy atom. The Labute approximate surface area is 330 Å². The van der Waals surface area contributed by atoms with Gasteiger partial charge in [-0.15, -0.1) is 11.3 Å². The highest BCUT2D eigenvalue weighted by Crippen LogP contribution is 2.45. The number of hydrogen-bond donors (Lipinski definition) is 0. The van der Waals surface area contributed by atoms with E-state index in [-0.39, 0.29) is 0 Å². The summed E-state index contributed by atoms with van der Waals surface area (Å²) in [6.45, 7) is 0. The maximum Gasteiger partial charge on any atom is 0.227 e. The van der Waals surface area contributed by atoms with Gasteiger partial charge in [0.2, 0.25) is 5.89 Å². The van der Waals surface area contributed by atoms with E-state index in [1.54, 1.807) is 11.3 Å². The second-order valence-corrected chi connectivity index (χ2v) is 15.3. The van der Waals surface area contributed by atoms with E-state index in [2.05, 4.69) is 132 Å². The van der Waals surface area contributed by atoms with Crippen LogP contribution in [0.5, 0.6) is 0 Å². The van der Waals surface area contributed by atoms with Crippen molar-refractivity contribution in [2.45, 2.75) is 0 Å². The second-order valence-electron chi connectivity index (χ2n) is 14.2. The van der Waals surface area contributed by atoms with Crippen LogP contribution in [0, 0.1) is 0 Å². The Balaban J connectivity index is 1.23. The van der Waals surface area contributed by atoms with E-state index in [4.69, 9.17) is 24.4 Å². The van der Waals surface area contributed by atoms with Crippen molar-refractivity contribution in [3.8, 4) is 51.3 Å². The van der Waals surface area contributed by atoms with E-state index in [0.29, 0.717) is 23.4 Å². The number of thiophene rings is 1. The van der Waals surface area contributed by atoms with Gasteiger partial charge in [0.15, 0.2) is 23.1 Å². The van der Waals surface area contributed by atoms with Crippen molar-refractivity contribution in [1.29, 1.82) is 0 Å². The number of hydrogen-bond acceptors (Lipinski definition) is 6. The third-order valence-corrected chi connectivity index (χ3v) is 12.0. The van der Waals surface area contributed by atoms with Crippen LogP contribution in [0.25, 0.3) is 115 Å². The van der Waals surface area contributed by atoms with Gasteiger partial charge in [-0.3, -0.25) is 0 Å². The number of nitrogens with zero attached hydrogens (tertiary/aromatic N) is 5. The minimum atomic E-state index is 0.577. The molecule has 0 bridgehead atoms. The highest BCUT2D eigenvalue weighted by molar-refractivity contribution is 7.25. The number of fused-ring (bicyclic) bond motifs is 10. The average molecular weight is 748 g/mol. The monoisotopic (exact) mass is 747 g/mol. The molecule has 0 amide bonds. The molecule has 4 aromatic heterocycles. The van der Waals surface area contributed by atoms with Crippen LogP contribution in [0.2, 0.25) is 0 Å². The van der Waals surface area contributed by atoms with E-state index in [1.807, 2.05) is 48.5 Å². The van der Waals surface area contributed by atoms with Crippen molar-refractivity contribution < 1.29 is 4.42 Å².